The molecule has 4 nitrogen and oxygen atoms in total. The highest BCUT2D eigenvalue weighted by Gasteiger charge is 2.11. The Bertz CT molecular complexity index is 528. The standard InChI is InChI=1S/C12H13FN4/c1-3-15-12-16-7-10(13)11(17-12)9-4-5-14-6-8(9)2/h4-7H,3H2,1-2H3,(H,15,16,17). The molecule has 0 radical (unpaired) electrons. The molecular formula is C12H13FN4. The normalized spacial score (nSPS) is 10.3. The summed E-state index contributed by atoms with van der Waals surface area (Å²) in [5, 5.41) is 2.96. The number of aromatic nitrogens is 3. The van der Waals surface area contributed by atoms with Crippen LogP contribution in [0.3, 0.4) is 0 Å². The van der Waals surface area contributed by atoms with Crippen molar-refractivity contribution in [1.82, 2.24) is 15.0 Å². The quantitative estimate of drug-likeness (QED) is 0.883. The first-order valence-electron chi connectivity index (χ1n) is 5.39. The van der Waals surface area contributed by atoms with Crippen LogP contribution in [-0.4, -0.2) is 21.5 Å². The number of aryl methyl sites for hydroxylation is 1. The van der Waals surface area contributed by atoms with Crippen molar-refractivity contribution in [3.8, 4) is 11.3 Å². The molecule has 0 aliphatic carbocycles. The summed E-state index contributed by atoms with van der Waals surface area (Å²) in [6, 6.07) is 1.75. The maximum Gasteiger partial charge on any atom is 0.223 e. The van der Waals surface area contributed by atoms with Crippen molar-refractivity contribution in [3.05, 3.63) is 36.0 Å². The van der Waals surface area contributed by atoms with Crippen LogP contribution in [0.15, 0.2) is 24.7 Å². The minimum Gasteiger partial charge on any atom is -0.354 e. The first-order chi connectivity index (χ1) is 8.22. The third-order valence-electron chi connectivity index (χ3n) is 2.35. The Balaban J connectivity index is 2.51. The molecule has 0 spiro atoms. The lowest BCUT2D eigenvalue weighted by Crippen LogP contribution is -2.04. The monoisotopic (exact) mass is 232 g/mol. The van der Waals surface area contributed by atoms with Gasteiger partial charge in [-0.05, 0) is 25.5 Å². The molecular weight excluding hydrogens is 219 g/mol. The van der Waals surface area contributed by atoms with E-state index in [0.717, 1.165) is 11.1 Å². The summed E-state index contributed by atoms with van der Waals surface area (Å²) >= 11 is 0. The third kappa shape index (κ3) is 2.38. The van der Waals surface area contributed by atoms with Crippen LogP contribution in [0.25, 0.3) is 11.3 Å². The van der Waals surface area contributed by atoms with Crippen LogP contribution < -0.4 is 5.32 Å². The van der Waals surface area contributed by atoms with Gasteiger partial charge in [-0.1, -0.05) is 0 Å². The van der Waals surface area contributed by atoms with Crippen molar-refractivity contribution >= 4 is 5.95 Å². The highest BCUT2D eigenvalue weighted by Crippen LogP contribution is 2.23. The second kappa shape index (κ2) is 4.86. The van der Waals surface area contributed by atoms with Gasteiger partial charge in [0.05, 0.1) is 6.20 Å². The molecule has 5 heteroatoms. The van der Waals surface area contributed by atoms with Gasteiger partial charge in [0.1, 0.15) is 5.69 Å². The van der Waals surface area contributed by atoms with E-state index in [1.165, 1.54) is 6.20 Å². The summed E-state index contributed by atoms with van der Waals surface area (Å²) in [6.07, 6.45) is 4.49. The van der Waals surface area contributed by atoms with Gasteiger partial charge in [0.25, 0.3) is 0 Å². The number of hydrogen-bond acceptors (Lipinski definition) is 4. The van der Waals surface area contributed by atoms with Crippen molar-refractivity contribution in [2.24, 2.45) is 0 Å². The summed E-state index contributed by atoms with van der Waals surface area (Å²) in [4.78, 5) is 12.0. The molecule has 88 valence electrons. The molecule has 0 aliphatic heterocycles. The fraction of sp³-hybridized carbons (Fsp3) is 0.250. The average Bonchev–Trinajstić information content (AvgIpc) is 2.33. The van der Waals surface area contributed by atoms with E-state index >= 15 is 0 Å². The SMILES string of the molecule is CCNc1ncc(F)c(-c2ccncc2C)n1. The molecule has 1 N–H and O–H groups in total. The molecule has 2 rings (SSSR count). The van der Waals surface area contributed by atoms with E-state index in [4.69, 9.17) is 0 Å². The van der Waals surface area contributed by atoms with Crippen LogP contribution in [0.5, 0.6) is 0 Å². The van der Waals surface area contributed by atoms with Crippen LogP contribution in [0.4, 0.5) is 10.3 Å². The molecule has 0 aromatic carbocycles. The number of nitrogens with zero attached hydrogens (tertiary/aromatic N) is 3. The number of pyridine rings is 1. The summed E-state index contributed by atoms with van der Waals surface area (Å²) in [7, 11) is 0. The van der Waals surface area contributed by atoms with Gasteiger partial charge >= 0.3 is 0 Å². The van der Waals surface area contributed by atoms with E-state index in [1.807, 2.05) is 13.8 Å². The minimum absolute atomic E-state index is 0.302. The van der Waals surface area contributed by atoms with Gasteiger partial charge < -0.3 is 5.32 Å². The molecule has 2 aromatic heterocycles. The lowest BCUT2D eigenvalue weighted by atomic mass is 10.1. The molecule has 17 heavy (non-hydrogen) atoms. The molecule has 0 aliphatic rings. The predicted octanol–water partition coefficient (Wildman–Crippen LogP) is 2.42. The fourth-order valence-electron chi connectivity index (χ4n) is 1.54. The number of halogens is 1. The Morgan fingerprint density at radius 3 is 2.88 bits per heavy atom. The highest BCUT2D eigenvalue weighted by atomic mass is 19.1. The maximum atomic E-state index is 13.7. The summed E-state index contributed by atoms with van der Waals surface area (Å²) in [5.41, 5.74) is 1.92. The topological polar surface area (TPSA) is 50.7 Å². The van der Waals surface area contributed by atoms with Crippen LogP contribution in [0.2, 0.25) is 0 Å². The van der Waals surface area contributed by atoms with Gasteiger partial charge in [-0.15, -0.1) is 0 Å². The first kappa shape index (κ1) is 11.4. The molecule has 0 saturated heterocycles. The van der Waals surface area contributed by atoms with Crippen molar-refractivity contribution in [1.29, 1.82) is 0 Å². The zero-order chi connectivity index (χ0) is 12.3. The number of hydrogen-bond donors (Lipinski definition) is 1. The number of anilines is 1. The Hall–Kier alpha value is -2.04. The number of rotatable bonds is 3. The van der Waals surface area contributed by atoms with E-state index in [1.54, 1.807) is 18.5 Å². The van der Waals surface area contributed by atoms with Crippen molar-refractivity contribution in [2.75, 3.05) is 11.9 Å². The predicted molar refractivity (Wildman–Crippen MR) is 64.1 cm³/mol. The van der Waals surface area contributed by atoms with Crippen LogP contribution in [0, 0.1) is 12.7 Å². The van der Waals surface area contributed by atoms with Gasteiger partial charge in [-0.3, -0.25) is 4.98 Å². The van der Waals surface area contributed by atoms with Gasteiger partial charge in [0.15, 0.2) is 5.82 Å². The van der Waals surface area contributed by atoms with Crippen LogP contribution in [-0.2, 0) is 0 Å². The smallest absolute Gasteiger partial charge is 0.223 e. The molecule has 0 bridgehead atoms. The van der Waals surface area contributed by atoms with Crippen LogP contribution in [0.1, 0.15) is 12.5 Å². The highest BCUT2D eigenvalue weighted by molar-refractivity contribution is 5.63. The van der Waals surface area contributed by atoms with Gasteiger partial charge in [0, 0.05) is 24.5 Å². The molecule has 0 fully saturated rings. The van der Waals surface area contributed by atoms with Crippen molar-refractivity contribution in [3.63, 3.8) is 0 Å². The molecule has 2 aromatic rings. The second-order valence-corrected chi connectivity index (χ2v) is 3.61. The summed E-state index contributed by atoms with van der Waals surface area (Å²) in [5.74, 6) is 0.000986. The Labute approximate surface area is 99.0 Å². The van der Waals surface area contributed by atoms with Crippen molar-refractivity contribution < 1.29 is 4.39 Å². The largest absolute Gasteiger partial charge is 0.354 e. The van der Waals surface area contributed by atoms with Gasteiger partial charge in [-0.25, -0.2) is 14.4 Å². The van der Waals surface area contributed by atoms with E-state index in [2.05, 4.69) is 20.3 Å². The lowest BCUT2D eigenvalue weighted by molar-refractivity contribution is 0.618. The molecule has 0 unspecified atom stereocenters. The Kier molecular flexibility index (Phi) is 3.27. The summed E-state index contributed by atoms with van der Waals surface area (Å²) < 4.78 is 13.7. The third-order valence-corrected chi connectivity index (χ3v) is 2.35. The van der Waals surface area contributed by atoms with Crippen LogP contribution >= 0.6 is 0 Å². The van der Waals surface area contributed by atoms with E-state index in [9.17, 15) is 4.39 Å². The Morgan fingerprint density at radius 1 is 1.35 bits per heavy atom. The average molecular weight is 232 g/mol. The lowest BCUT2D eigenvalue weighted by Gasteiger charge is -2.07. The summed E-state index contributed by atoms with van der Waals surface area (Å²) in [6.45, 7) is 4.50. The molecule has 2 heterocycles. The maximum absolute atomic E-state index is 13.7. The van der Waals surface area contributed by atoms with E-state index < -0.39 is 5.82 Å². The van der Waals surface area contributed by atoms with Crippen molar-refractivity contribution in [2.45, 2.75) is 13.8 Å². The van der Waals surface area contributed by atoms with E-state index in [-0.39, 0.29) is 0 Å². The first-order valence-corrected chi connectivity index (χ1v) is 5.39. The van der Waals surface area contributed by atoms with Gasteiger partial charge in [0.2, 0.25) is 5.95 Å². The molecule has 0 saturated carbocycles. The molecule has 0 atom stereocenters. The van der Waals surface area contributed by atoms with E-state index in [0.29, 0.717) is 18.2 Å². The zero-order valence-corrected chi connectivity index (χ0v) is 9.74. The van der Waals surface area contributed by atoms with Gasteiger partial charge in [-0.2, -0.15) is 0 Å². The molecule has 0 amide bonds. The Morgan fingerprint density at radius 2 is 2.18 bits per heavy atom. The second-order valence-electron chi connectivity index (χ2n) is 3.61. The minimum atomic E-state index is -0.430. The fourth-order valence-corrected chi connectivity index (χ4v) is 1.54. The zero-order valence-electron chi connectivity index (χ0n) is 9.74. The number of nitrogens with one attached hydrogen (secondary N) is 1.